The van der Waals surface area contributed by atoms with Crippen molar-refractivity contribution in [3.63, 3.8) is 0 Å². The molecule has 0 aromatic carbocycles. The van der Waals surface area contributed by atoms with E-state index in [1.807, 2.05) is 6.07 Å². The number of carbonyl (C=O) groups excluding carboxylic acids is 1. The lowest BCUT2D eigenvalue weighted by molar-refractivity contribution is -0.113. The van der Waals surface area contributed by atoms with Gasteiger partial charge in [-0.1, -0.05) is 11.8 Å². The summed E-state index contributed by atoms with van der Waals surface area (Å²) in [5.74, 6) is 0.502. The van der Waals surface area contributed by atoms with Crippen molar-refractivity contribution in [2.24, 2.45) is 0 Å². The van der Waals surface area contributed by atoms with Crippen LogP contribution >= 0.6 is 36.6 Å². The van der Waals surface area contributed by atoms with Crippen LogP contribution in [0.2, 0.25) is 0 Å². The first-order valence-electron chi connectivity index (χ1n) is 11.3. The van der Waals surface area contributed by atoms with Crippen molar-refractivity contribution in [2.75, 3.05) is 37.8 Å². The highest BCUT2D eigenvalue weighted by Crippen LogP contribution is 2.29. The fraction of sp³-hybridized carbons (Fsp3) is 0.435. The highest BCUT2D eigenvalue weighted by molar-refractivity contribution is 8.00. The molecular formula is C23H28Cl2FN7O2S. The molecule has 1 saturated heterocycles. The predicted octanol–water partition coefficient (Wildman–Crippen LogP) is 3.25. The quantitative estimate of drug-likeness (QED) is 0.454. The van der Waals surface area contributed by atoms with Crippen molar-refractivity contribution in [1.29, 1.82) is 0 Å². The van der Waals surface area contributed by atoms with Crippen molar-refractivity contribution in [3.8, 4) is 5.88 Å². The number of aromatic nitrogens is 4. The highest BCUT2D eigenvalue weighted by atomic mass is 35.5. The number of likely N-dealkylation sites (tertiary alicyclic amines) is 1. The molecule has 0 unspecified atom stereocenters. The number of rotatable bonds is 7. The minimum atomic E-state index is -0.328. The van der Waals surface area contributed by atoms with Gasteiger partial charge in [-0.15, -0.1) is 29.9 Å². The van der Waals surface area contributed by atoms with Crippen LogP contribution < -0.4 is 15.4 Å². The molecule has 194 valence electrons. The molecule has 2 aliphatic heterocycles. The van der Waals surface area contributed by atoms with Crippen molar-refractivity contribution in [1.82, 2.24) is 30.4 Å². The second-order valence-corrected chi connectivity index (χ2v) is 9.41. The number of carbonyl (C=O) groups is 1. The number of pyridine rings is 2. The molecule has 0 aliphatic carbocycles. The lowest BCUT2D eigenvalue weighted by atomic mass is 10.0. The van der Waals surface area contributed by atoms with Gasteiger partial charge in [0.05, 0.1) is 41.5 Å². The molecule has 0 radical (unpaired) electrons. The van der Waals surface area contributed by atoms with E-state index in [2.05, 4.69) is 35.7 Å². The number of hydrogen-bond acceptors (Lipinski definition) is 9. The summed E-state index contributed by atoms with van der Waals surface area (Å²) < 4.78 is 19.8. The summed E-state index contributed by atoms with van der Waals surface area (Å²) in [6, 6.07) is 5.81. The smallest absolute Gasteiger partial charge is 0.234 e. The first-order chi connectivity index (χ1) is 16.6. The van der Waals surface area contributed by atoms with Crippen LogP contribution in [0.5, 0.6) is 5.88 Å². The number of nitrogens with one attached hydrogen (secondary N) is 2. The van der Waals surface area contributed by atoms with Gasteiger partial charge in [-0.25, -0.2) is 9.37 Å². The molecule has 1 amide bonds. The Morgan fingerprint density at radius 1 is 1.25 bits per heavy atom. The molecule has 2 aliphatic rings. The van der Waals surface area contributed by atoms with Gasteiger partial charge in [-0.3, -0.25) is 9.78 Å². The number of hydrogen-bond donors (Lipinski definition) is 2. The lowest BCUT2D eigenvalue weighted by Crippen LogP contribution is -2.43. The standard InChI is InChI=1S/C23H26FN7O2S.2ClH/c1-33-21-3-2-18-22(28-21)16(17(24)12-26-18)6-9-31-7-4-14(5-8-31)25-11-15-10-19-23(30-29-15)34-13-20(32)27-19;;/h2-3,10,12,14,25H,4-9,11,13H2,1H3,(H,27,32);2*1H. The molecule has 36 heavy (non-hydrogen) atoms. The molecular weight excluding hydrogens is 528 g/mol. The molecule has 3 aromatic heterocycles. The highest BCUT2D eigenvalue weighted by Gasteiger charge is 2.21. The van der Waals surface area contributed by atoms with Crippen molar-refractivity contribution in [2.45, 2.75) is 36.9 Å². The molecule has 1 fully saturated rings. The SMILES string of the molecule is COc1ccc2ncc(F)c(CCN3CCC(NCc4cc5c(nn4)SCC(=O)N5)CC3)c2n1.Cl.Cl. The van der Waals surface area contributed by atoms with E-state index in [4.69, 9.17) is 4.74 Å². The average Bonchev–Trinajstić information content (AvgIpc) is 2.87. The molecule has 2 N–H and O–H groups in total. The Balaban J connectivity index is 0.00000180. The summed E-state index contributed by atoms with van der Waals surface area (Å²) in [6.45, 7) is 3.23. The van der Waals surface area contributed by atoms with Gasteiger partial charge in [0.25, 0.3) is 0 Å². The van der Waals surface area contributed by atoms with Crippen molar-refractivity contribution in [3.05, 3.63) is 41.5 Å². The molecule has 0 spiro atoms. The second kappa shape index (κ2) is 12.8. The van der Waals surface area contributed by atoms with Gasteiger partial charge < -0.3 is 20.3 Å². The Labute approximate surface area is 225 Å². The Hall–Kier alpha value is -2.31. The predicted molar refractivity (Wildman–Crippen MR) is 142 cm³/mol. The zero-order chi connectivity index (χ0) is 23.5. The monoisotopic (exact) mass is 555 g/mol. The maximum atomic E-state index is 14.6. The number of fused-ring (bicyclic) bond motifs is 2. The number of nitrogens with zero attached hydrogens (tertiary/aromatic N) is 5. The lowest BCUT2D eigenvalue weighted by Gasteiger charge is -2.32. The first kappa shape index (κ1) is 28.3. The van der Waals surface area contributed by atoms with Gasteiger partial charge in [0, 0.05) is 30.8 Å². The largest absolute Gasteiger partial charge is 0.481 e. The molecule has 3 aromatic rings. The van der Waals surface area contributed by atoms with E-state index >= 15 is 0 Å². The molecule has 5 rings (SSSR count). The topological polar surface area (TPSA) is 105 Å². The Morgan fingerprint density at radius 2 is 2.06 bits per heavy atom. The molecule has 9 nitrogen and oxygen atoms in total. The zero-order valence-corrected chi connectivity index (χ0v) is 22.1. The maximum Gasteiger partial charge on any atom is 0.234 e. The van der Waals surface area contributed by atoms with Crippen LogP contribution in [0, 0.1) is 5.82 Å². The molecule has 0 saturated carbocycles. The van der Waals surface area contributed by atoms with E-state index in [0.29, 0.717) is 47.2 Å². The van der Waals surface area contributed by atoms with Gasteiger partial charge in [0.15, 0.2) is 0 Å². The Morgan fingerprint density at radius 3 is 2.83 bits per heavy atom. The molecule has 13 heteroatoms. The minimum absolute atomic E-state index is 0. The summed E-state index contributed by atoms with van der Waals surface area (Å²) in [5.41, 5.74) is 3.37. The van der Waals surface area contributed by atoms with Gasteiger partial charge in [0.2, 0.25) is 11.8 Å². The van der Waals surface area contributed by atoms with Crippen LogP contribution in [0.3, 0.4) is 0 Å². The van der Waals surface area contributed by atoms with Gasteiger partial charge in [0.1, 0.15) is 10.8 Å². The first-order valence-corrected chi connectivity index (χ1v) is 12.3. The van der Waals surface area contributed by atoms with Gasteiger partial charge in [-0.05, 0) is 44.5 Å². The number of ether oxygens (including phenoxy) is 1. The maximum absolute atomic E-state index is 14.6. The van der Waals surface area contributed by atoms with Gasteiger partial charge in [-0.2, -0.15) is 5.10 Å². The third kappa shape index (κ3) is 6.51. The van der Waals surface area contributed by atoms with E-state index in [1.54, 1.807) is 19.2 Å². The third-order valence-corrected chi connectivity index (χ3v) is 7.19. The summed E-state index contributed by atoms with van der Waals surface area (Å²) in [5, 5.41) is 15.7. The fourth-order valence-electron chi connectivity index (χ4n) is 4.33. The number of thioether (sulfide) groups is 1. The van der Waals surface area contributed by atoms with E-state index in [0.717, 1.165) is 48.9 Å². The molecule has 0 atom stereocenters. The number of amides is 1. The Bertz CT molecular complexity index is 1210. The second-order valence-electron chi connectivity index (χ2n) is 8.44. The van der Waals surface area contributed by atoms with Crippen LogP contribution in [0.15, 0.2) is 29.4 Å². The van der Waals surface area contributed by atoms with E-state index in [1.165, 1.54) is 18.0 Å². The number of halogens is 3. The van der Waals surface area contributed by atoms with Crippen molar-refractivity contribution >= 4 is 59.2 Å². The zero-order valence-electron chi connectivity index (χ0n) is 19.7. The van der Waals surface area contributed by atoms with Crippen LogP contribution in [0.4, 0.5) is 10.1 Å². The van der Waals surface area contributed by atoms with E-state index in [-0.39, 0.29) is 36.5 Å². The van der Waals surface area contributed by atoms with Crippen LogP contribution in [-0.4, -0.2) is 69.5 Å². The van der Waals surface area contributed by atoms with Crippen molar-refractivity contribution < 1.29 is 13.9 Å². The van der Waals surface area contributed by atoms with Gasteiger partial charge >= 0.3 is 0 Å². The summed E-state index contributed by atoms with van der Waals surface area (Å²) >= 11 is 1.41. The third-order valence-electron chi connectivity index (χ3n) is 6.21. The summed E-state index contributed by atoms with van der Waals surface area (Å²) in [7, 11) is 1.55. The van der Waals surface area contributed by atoms with Crippen LogP contribution in [0.25, 0.3) is 11.0 Å². The average molecular weight is 556 g/mol. The van der Waals surface area contributed by atoms with Crippen LogP contribution in [0.1, 0.15) is 24.1 Å². The minimum Gasteiger partial charge on any atom is -0.481 e. The van der Waals surface area contributed by atoms with Crippen LogP contribution in [-0.2, 0) is 17.8 Å². The van der Waals surface area contributed by atoms with E-state index < -0.39 is 0 Å². The fourth-order valence-corrected chi connectivity index (χ4v) is 5.04. The molecule has 0 bridgehead atoms. The normalized spacial score (nSPS) is 16.0. The number of anilines is 1. The number of piperidine rings is 1. The summed E-state index contributed by atoms with van der Waals surface area (Å²) in [6.07, 6.45) is 3.83. The molecule has 5 heterocycles. The number of methoxy groups -OCH3 is 1. The summed E-state index contributed by atoms with van der Waals surface area (Å²) in [4.78, 5) is 22.5. The van der Waals surface area contributed by atoms with E-state index in [9.17, 15) is 9.18 Å². The Kier molecular flexibility index (Phi) is 10.0.